The Hall–Kier alpha value is -2.68. The molecular weight excluding hydrogens is 457 g/mol. The fraction of sp³-hybridized carbons (Fsp3) is 0.150. The zero-order chi connectivity index (χ0) is 19.1. The molecule has 0 amide bonds. The summed E-state index contributed by atoms with van der Waals surface area (Å²) in [5.74, 6) is 1.18. The van der Waals surface area contributed by atoms with Gasteiger partial charge in [0.25, 0.3) is 0 Å². The summed E-state index contributed by atoms with van der Waals surface area (Å²) >= 11 is 2.28. The molecule has 0 unspecified atom stereocenters. The maximum absolute atomic E-state index is 12.2. The summed E-state index contributed by atoms with van der Waals surface area (Å²) in [4.78, 5) is 12.2. The number of hydrogen-bond donors (Lipinski definition) is 0. The number of benzene rings is 2. The third-order valence-electron chi connectivity index (χ3n) is 4.48. The molecule has 0 radical (unpaired) electrons. The van der Waals surface area contributed by atoms with Gasteiger partial charge in [-0.05, 0) is 59.0 Å². The van der Waals surface area contributed by atoms with Gasteiger partial charge >= 0.3 is 0 Å². The molecule has 4 aromatic rings. The van der Waals surface area contributed by atoms with Crippen molar-refractivity contribution in [1.29, 1.82) is 0 Å². The van der Waals surface area contributed by atoms with Crippen molar-refractivity contribution >= 4 is 50.4 Å². The van der Waals surface area contributed by atoms with Crippen LogP contribution in [0.3, 0.4) is 0 Å². The van der Waals surface area contributed by atoms with Crippen molar-refractivity contribution in [2.45, 2.75) is 6.92 Å². The molecule has 0 aliphatic heterocycles. The van der Waals surface area contributed by atoms with Crippen LogP contribution in [-0.2, 0) is 0 Å². The summed E-state index contributed by atoms with van der Waals surface area (Å²) in [6, 6.07) is 13.5. The smallest absolute Gasteiger partial charge is 0.229 e. The molecule has 2 aromatic heterocycles. The first kappa shape index (κ1) is 17.7. The minimum Gasteiger partial charge on any atom is -0.493 e. The van der Waals surface area contributed by atoms with Crippen LogP contribution < -0.4 is 9.47 Å². The first-order chi connectivity index (χ1) is 13.0. The van der Waals surface area contributed by atoms with Gasteiger partial charge in [0, 0.05) is 26.8 Å². The van der Waals surface area contributed by atoms with Gasteiger partial charge in [-0.1, -0.05) is 6.07 Å². The van der Waals surface area contributed by atoms with Crippen LogP contribution in [0.1, 0.15) is 11.7 Å². The number of methoxy groups -OCH3 is 2. The minimum atomic E-state index is -0.0924. The Morgan fingerprint density at radius 2 is 1.81 bits per heavy atom. The predicted octanol–water partition coefficient (Wildman–Crippen LogP) is 4.53. The van der Waals surface area contributed by atoms with Gasteiger partial charge in [-0.3, -0.25) is 9.36 Å². The van der Waals surface area contributed by atoms with Crippen LogP contribution in [0.15, 0.2) is 42.5 Å². The van der Waals surface area contributed by atoms with Crippen molar-refractivity contribution in [2.75, 3.05) is 14.2 Å². The molecule has 7 heteroatoms. The molecular formula is C20H16IN3O3. The van der Waals surface area contributed by atoms with Crippen molar-refractivity contribution in [1.82, 2.24) is 14.8 Å². The zero-order valence-corrected chi connectivity index (χ0v) is 17.1. The van der Waals surface area contributed by atoms with E-state index in [1.165, 1.54) is 6.92 Å². The maximum atomic E-state index is 12.2. The van der Waals surface area contributed by atoms with E-state index in [-0.39, 0.29) is 5.91 Å². The largest absolute Gasteiger partial charge is 0.493 e. The van der Waals surface area contributed by atoms with Crippen LogP contribution in [0.25, 0.3) is 33.2 Å². The van der Waals surface area contributed by atoms with Gasteiger partial charge in [0.15, 0.2) is 17.1 Å². The van der Waals surface area contributed by atoms with Crippen LogP contribution in [0.4, 0.5) is 0 Å². The lowest BCUT2D eigenvalue weighted by Crippen LogP contribution is -2.06. The molecule has 136 valence electrons. The third-order valence-corrected chi connectivity index (χ3v) is 5.38. The summed E-state index contributed by atoms with van der Waals surface area (Å²) in [6.07, 6.45) is 0. The van der Waals surface area contributed by atoms with Gasteiger partial charge in [-0.15, -0.1) is 10.2 Å². The molecule has 0 spiro atoms. The second kappa shape index (κ2) is 6.80. The summed E-state index contributed by atoms with van der Waals surface area (Å²) in [5, 5.41) is 10.6. The molecule has 27 heavy (non-hydrogen) atoms. The van der Waals surface area contributed by atoms with Gasteiger partial charge in [0.1, 0.15) is 0 Å². The number of nitrogens with zero attached hydrogens (tertiary/aromatic N) is 3. The number of carbonyl (C=O) groups excluding carboxylic acids is 1. The lowest BCUT2D eigenvalue weighted by atomic mass is 10.1. The Morgan fingerprint density at radius 1 is 1.04 bits per heavy atom. The minimum absolute atomic E-state index is 0.0924. The molecule has 0 saturated carbocycles. The lowest BCUT2D eigenvalue weighted by Gasteiger charge is -2.09. The molecule has 2 aromatic carbocycles. The van der Waals surface area contributed by atoms with E-state index in [0.717, 1.165) is 25.4 Å². The highest BCUT2D eigenvalue weighted by molar-refractivity contribution is 14.1. The molecule has 0 saturated heterocycles. The second-order valence-corrected chi connectivity index (χ2v) is 7.19. The fourth-order valence-electron chi connectivity index (χ4n) is 3.27. The first-order valence-corrected chi connectivity index (χ1v) is 9.32. The number of ether oxygens (including phenoxy) is 2. The molecule has 0 aliphatic carbocycles. The van der Waals surface area contributed by atoms with Crippen LogP contribution >= 0.6 is 22.6 Å². The van der Waals surface area contributed by atoms with E-state index in [4.69, 9.17) is 9.47 Å². The van der Waals surface area contributed by atoms with Crippen LogP contribution in [0.5, 0.6) is 11.5 Å². The standard InChI is InChI=1S/C20H16IN3O3/c1-11(25)24-16-6-4-5-14(21)19(16)13-10-15(22-23-20(13)24)12-7-8-17(26-2)18(9-12)27-3/h4-10H,1-3H3. The molecule has 6 nitrogen and oxygen atoms in total. The Morgan fingerprint density at radius 3 is 2.52 bits per heavy atom. The normalized spacial score (nSPS) is 11.1. The van der Waals surface area contributed by atoms with E-state index in [2.05, 4.69) is 32.8 Å². The van der Waals surface area contributed by atoms with E-state index in [1.807, 2.05) is 42.5 Å². The van der Waals surface area contributed by atoms with Crippen LogP contribution in [0, 0.1) is 3.57 Å². The number of fused-ring (bicyclic) bond motifs is 3. The number of carbonyl (C=O) groups is 1. The SMILES string of the molecule is COc1ccc(-c2cc3c4c(I)cccc4n(C(C)=O)c3nn2)cc1OC. The molecule has 0 fully saturated rings. The van der Waals surface area contributed by atoms with Gasteiger partial charge in [-0.25, -0.2) is 0 Å². The summed E-state index contributed by atoms with van der Waals surface area (Å²) in [7, 11) is 3.20. The number of aromatic nitrogens is 3. The second-order valence-electron chi connectivity index (χ2n) is 6.03. The Labute approximate surface area is 169 Å². The monoisotopic (exact) mass is 473 g/mol. The van der Waals surface area contributed by atoms with Gasteiger partial charge in [0.2, 0.25) is 5.91 Å². The van der Waals surface area contributed by atoms with E-state index >= 15 is 0 Å². The first-order valence-electron chi connectivity index (χ1n) is 8.25. The maximum Gasteiger partial charge on any atom is 0.229 e. The van der Waals surface area contributed by atoms with Crippen molar-refractivity contribution in [2.24, 2.45) is 0 Å². The molecule has 2 heterocycles. The average molecular weight is 473 g/mol. The topological polar surface area (TPSA) is 66.2 Å². The summed E-state index contributed by atoms with van der Waals surface area (Å²) in [5.41, 5.74) is 2.96. The molecule has 4 rings (SSSR count). The van der Waals surface area contributed by atoms with E-state index < -0.39 is 0 Å². The fourth-order valence-corrected chi connectivity index (χ4v) is 4.04. The summed E-state index contributed by atoms with van der Waals surface area (Å²) < 4.78 is 13.4. The van der Waals surface area contributed by atoms with Crippen molar-refractivity contribution in [3.05, 3.63) is 46.0 Å². The van der Waals surface area contributed by atoms with Gasteiger partial charge in [0.05, 0.1) is 25.4 Å². The van der Waals surface area contributed by atoms with Crippen molar-refractivity contribution < 1.29 is 14.3 Å². The highest BCUT2D eigenvalue weighted by Gasteiger charge is 2.18. The molecule has 0 bridgehead atoms. The number of rotatable bonds is 3. The Bertz CT molecular complexity index is 1200. The third kappa shape index (κ3) is 2.82. The van der Waals surface area contributed by atoms with E-state index in [0.29, 0.717) is 22.8 Å². The molecule has 0 atom stereocenters. The van der Waals surface area contributed by atoms with Gasteiger partial charge < -0.3 is 9.47 Å². The van der Waals surface area contributed by atoms with E-state index in [1.54, 1.807) is 18.8 Å². The number of hydrogen-bond acceptors (Lipinski definition) is 5. The lowest BCUT2D eigenvalue weighted by molar-refractivity contribution is 0.0945. The Kier molecular flexibility index (Phi) is 4.47. The van der Waals surface area contributed by atoms with Crippen LogP contribution in [0.2, 0.25) is 0 Å². The van der Waals surface area contributed by atoms with Crippen molar-refractivity contribution in [3.8, 4) is 22.8 Å². The highest BCUT2D eigenvalue weighted by atomic mass is 127. The number of halogens is 1. The predicted molar refractivity (Wildman–Crippen MR) is 113 cm³/mol. The van der Waals surface area contributed by atoms with Crippen molar-refractivity contribution in [3.63, 3.8) is 0 Å². The molecule has 0 aliphatic rings. The zero-order valence-electron chi connectivity index (χ0n) is 15.0. The highest BCUT2D eigenvalue weighted by Crippen LogP contribution is 2.35. The van der Waals surface area contributed by atoms with Gasteiger partial charge in [-0.2, -0.15) is 0 Å². The summed E-state index contributed by atoms with van der Waals surface area (Å²) in [6.45, 7) is 1.53. The van der Waals surface area contributed by atoms with Crippen LogP contribution in [-0.4, -0.2) is 34.9 Å². The average Bonchev–Trinajstić information content (AvgIpc) is 3.02. The quantitative estimate of drug-likeness (QED) is 0.409. The van der Waals surface area contributed by atoms with E-state index in [9.17, 15) is 4.79 Å². The molecule has 0 N–H and O–H groups in total. The Balaban J connectivity index is 2.01.